The normalized spacial score (nSPS) is 18.2. The molecule has 5 heteroatoms. The third-order valence-electron chi connectivity index (χ3n) is 3.73. The summed E-state index contributed by atoms with van der Waals surface area (Å²) in [4.78, 5) is 6.80. The van der Waals surface area contributed by atoms with Crippen LogP contribution in [-0.2, 0) is 6.54 Å². The Morgan fingerprint density at radius 2 is 2.18 bits per heavy atom. The maximum Gasteiger partial charge on any atom is 0.193 e. The van der Waals surface area contributed by atoms with Gasteiger partial charge in [0.05, 0.1) is 7.11 Å². The molecule has 0 bridgehead atoms. The van der Waals surface area contributed by atoms with E-state index < -0.39 is 0 Å². The molecule has 1 N–H and O–H groups in total. The molecule has 122 valence electrons. The zero-order valence-electron chi connectivity index (χ0n) is 14.3. The molecule has 0 aliphatic carbocycles. The minimum Gasteiger partial charge on any atom is -0.497 e. The highest BCUT2D eigenvalue weighted by molar-refractivity contribution is 8.00. The van der Waals surface area contributed by atoms with Crippen LogP contribution in [0.25, 0.3) is 0 Å². The minimum absolute atomic E-state index is 0.280. The summed E-state index contributed by atoms with van der Waals surface area (Å²) < 4.78 is 5.62. The average Bonchev–Trinajstić information content (AvgIpc) is 2.46. The summed E-state index contributed by atoms with van der Waals surface area (Å²) >= 11 is 2.03. The quantitative estimate of drug-likeness (QED) is 0.686. The Bertz CT molecular complexity index is 543. The van der Waals surface area contributed by atoms with Crippen molar-refractivity contribution in [1.82, 2.24) is 10.2 Å². The largest absolute Gasteiger partial charge is 0.497 e. The Morgan fingerprint density at radius 1 is 1.41 bits per heavy atom. The zero-order valence-corrected chi connectivity index (χ0v) is 15.1. The second kappa shape index (κ2) is 7.27. The summed E-state index contributed by atoms with van der Waals surface area (Å²) in [6, 6.07) is 6.30. The topological polar surface area (TPSA) is 36.9 Å². The van der Waals surface area contributed by atoms with Gasteiger partial charge in [0.2, 0.25) is 0 Å². The van der Waals surface area contributed by atoms with E-state index in [1.807, 2.05) is 24.9 Å². The summed E-state index contributed by atoms with van der Waals surface area (Å²) in [5.74, 6) is 3.03. The zero-order chi connectivity index (χ0) is 16.2. The SMILES string of the molecule is CN=C(NCc1cc(C)cc(OC)c1)N1CCSC(C)(C)C1. The summed E-state index contributed by atoms with van der Waals surface area (Å²) in [6.07, 6.45) is 0. The molecule has 22 heavy (non-hydrogen) atoms. The maximum atomic E-state index is 5.34. The minimum atomic E-state index is 0.280. The summed E-state index contributed by atoms with van der Waals surface area (Å²) in [5.41, 5.74) is 2.42. The lowest BCUT2D eigenvalue weighted by Gasteiger charge is -2.39. The summed E-state index contributed by atoms with van der Waals surface area (Å²) in [5, 5.41) is 3.48. The van der Waals surface area contributed by atoms with Gasteiger partial charge in [0.1, 0.15) is 5.75 Å². The molecule has 1 aromatic rings. The van der Waals surface area contributed by atoms with Gasteiger partial charge < -0.3 is 15.0 Å². The molecule has 0 spiro atoms. The Morgan fingerprint density at radius 3 is 2.82 bits per heavy atom. The van der Waals surface area contributed by atoms with E-state index in [1.54, 1.807) is 7.11 Å². The lowest BCUT2D eigenvalue weighted by molar-refractivity contribution is 0.375. The molecule has 1 heterocycles. The van der Waals surface area contributed by atoms with Crippen LogP contribution in [0.1, 0.15) is 25.0 Å². The van der Waals surface area contributed by atoms with Crippen molar-refractivity contribution in [2.24, 2.45) is 4.99 Å². The lowest BCUT2D eigenvalue weighted by atomic mass is 10.1. The van der Waals surface area contributed by atoms with Crippen molar-refractivity contribution in [1.29, 1.82) is 0 Å². The first-order chi connectivity index (χ1) is 10.4. The molecule has 1 saturated heterocycles. The van der Waals surface area contributed by atoms with Gasteiger partial charge in [-0.2, -0.15) is 11.8 Å². The van der Waals surface area contributed by atoms with Crippen molar-refractivity contribution in [3.8, 4) is 5.75 Å². The molecule has 1 fully saturated rings. The molecule has 1 aliphatic heterocycles. The van der Waals surface area contributed by atoms with E-state index in [0.717, 1.165) is 37.1 Å². The average molecular weight is 321 g/mol. The van der Waals surface area contributed by atoms with Gasteiger partial charge in [-0.15, -0.1) is 0 Å². The number of guanidine groups is 1. The van der Waals surface area contributed by atoms with Gasteiger partial charge in [-0.25, -0.2) is 0 Å². The molecule has 0 radical (unpaired) electrons. The first-order valence-corrected chi connectivity index (χ1v) is 8.66. The number of benzene rings is 1. The van der Waals surface area contributed by atoms with Gasteiger partial charge in [-0.3, -0.25) is 4.99 Å². The predicted octanol–water partition coefficient (Wildman–Crippen LogP) is 2.91. The molecule has 0 amide bonds. The van der Waals surface area contributed by atoms with Crippen LogP contribution in [0.4, 0.5) is 0 Å². The van der Waals surface area contributed by atoms with Gasteiger partial charge in [0, 0.05) is 37.2 Å². The van der Waals surface area contributed by atoms with Crippen molar-refractivity contribution >= 4 is 17.7 Å². The van der Waals surface area contributed by atoms with Crippen LogP contribution in [0.5, 0.6) is 5.75 Å². The van der Waals surface area contributed by atoms with Crippen molar-refractivity contribution in [3.63, 3.8) is 0 Å². The van der Waals surface area contributed by atoms with Crippen molar-refractivity contribution in [2.45, 2.75) is 32.1 Å². The van der Waals surface area contributed by atoms with Crippen molar-refractivity contribution in [2.75, 3.05) is 33.0 Å². The monoisotopic (exact) mass is 321 g/mol. The standard InChI is InChI=1S/C17H27N3OS/c1-13-8-14(10-15(9-13)21-5)11-19-16(18-4)20-6-7-22-17(2,3)12-20/h8-10H,6-7,11-12H2,1-5H3,(H,18,19). The van der Waals surface area contributed by atoms with Gasteiger partial charge in [-0.1, -0.05) is 6.07 Å². The number of thioether (sulfide) groups is 1. The molecule has 0 saturated carbocycles. The highest BCUT2D eigenvalue weighted by atomic mass is 32.2. The number of aliphatic imine (C=N–C) groups is 1. The lowest BCUT2D eigenvalue weighted by Crippen LogP contribution is -2.50. The van der Waals surface area contributed by atoms with Gasteiger partial charge in [0.15, 0.2) is 5.96 Å². The number of aryl methyl sites for hydroxylation is 1. The highest BCUT2D eigenvalue weighted by Gasteiger charge is 2.28. The first-order valence-electron chi connectivity index (χ1n) is 7.67. The second-order valence-electron chi connectivity index (χ2n) is 6.29. The van der Waals surface area contributed by atoms with E-state index in [2.05, 4.69) is 48.1 Å². The van der Waals surface area contributed by atoms with Crippen LogP contribution in [0, 0.1) is 6.92 Å². The number of methoxy groups -OCH3 is 1. The number of nitrogens with one attached hydrogen (secondary N) is 1. The fourth-order valence-electron chi connectivity index (χ4n) is 2.76. The van der Waals surface area contributed by atoms with Crippen LogP contribution >= 0.6 is 11.8 Å². The molecule has 2 rings (SSSR count). The van der Waals surface area contributed by atoms with Crippen molar-refractivity contribution < 1.29 is 4.74 Å². The van der Waals surface area contributed by atoms with E-state index in [0.29, 0.717) is 0 Å². The Balaban J connectivity index is 2.01. The molecule has 0 unspecified atom stereocenters. The van der Waals surface area contributed by atoms with Crippen LogP contribution in [-0.4, -0.2) is 48.6 Å². The van der Waals surface area contributed by atoms with E-state index in [4.69, 9.17) is 4.74 Å². The number of hydrogen-bond donors (Lipinski definition) is 1. The summed E-state index contributed by atoms with van der Waals surface area (Å²) in [6.45, 7) is 9.50. The van der Waals surface area contributed by atoms with Crippen LogP contribution in [0.15, 0.2) is 23.2 Å². The van der Waals surface area contributed by atoms with Crippen molar-refractivity contribution in [3.05, 3.63) is 29.3 Å². The van der Waals surface area contributed by atoms with E-state index in [1.165, 1.54) is 11.1 Å². The number of hydrogen-bond acceptors (Lipinski definition) is 3. The third kappa shape index (κ3) is 4.57. The van der Waals surface area contributed by atoms with E-state index in [-0.39, 0.29) is 4.75 Å². The fourth-order valence-corrected chi connectivity index (χ4v) is 3.87. The molecular formula is C17H27N3OS. The second-order valence-corrected chi connectivity index (χ2v) is 8.09. The van der Waals surface area contributed by atoms with Crippen LogP contribution < -0.4 is 10.1 Å². The fraction of sp³-hybridized carbons (Fsp3) is 0.588. The summed E-state index contributed by atoms with van der Waals surface area (Å²) in [7, 11) is 3.56. The Labute approximate surface area is 138 Å². The first kappa shape index (κ1) is 17.0. The predicted molar refractivity (Wildman–Crippen MR) is 96.0 cm³/mol. The highest BCUT2D eigenvalue weighted by Crippen LogP contribution is 2.29. The molecule has 1 aliphatic rings. The van der Waals surface area contributed by atoms with Gasteiger partial charge in [-0.05, 0) is 44.0 Å². The number of ether oxygens (including phenoxy) is 1. The van der Waals surface area contributed by atoms with E-state index in [9.17, 15) is 0 Å². The van der Waals surface area contributed by atoms with Crippen LogP contribution in [0.2, 0.25) is 0 Å². The Hall–Kier alpha value is -1.36. The molecule has 0 aromatic heterocycles. The van der Waals surface area contributed by atoms with Crippen LogP contribution in [0.3, 0.4) is 0 Å². The number of rotatable bonds is 3. The number of nitrogens with zero attached hydrogens (tertiary/aromatic N) is 2. The van der Waals surface area contributed by atoms with E-state index >= 15 is 0 Å². The molecular weight excluding hydrogens is 294 g/mol. The van der Waals surface area contributed by atoms with Gasteiger partial charge in [0.25, 0.3) is 0 Å². The molecule has 0 atom stereocenters. The third-order valence-corrected chi connectivity index (χ3v) is 5.03. The Kier molecular flexibility index (Phi) is 5.62. The maximum absolute atomic E-state index is 5.34. The smallest absolute Gasteiger partial charge is 0.193 e. The molecule has 4 nitrogen and oxygen atoms in total. The molecule has 1 aromatic carbocycles. The van der Waals surface area contributed by atoms with Gasteiger partial charge >= 0.3 is 0 Å².